The van der Waals surface area contributed by atoms with Crippen LogP contribution in [0, 0.1) is 21.2 Å². The third-order valence-electron chi connectivity index (χ3n) is 4.87. The van der Waals surface area contributed by atoms with Crippen LogP contribution in [0.1, 0.15) is 50.9 Å². The molecule has 4 atom stereocenters. The Morgan fingerprint density at radius 3 is 2.67 bits per heavy atom. The van der Waals surface area contributed by atoms with E-state index in [1.807, 2.05) is 35.6 Å². The molecule has 2 nitrogen and oxygen atoms in total. The summed E-state index contributed by atoms with van der Waals surface area (Å²) < 4.78 is 16.8. The van der Waals surface area contributed by atoms with Crippen LogP contribution in [0.15, 0.2) is 12.1 Å². The quantitative estimate of drug-likeness (QED) is 0.451. The minimum Gasteiger partial charge on any atom is -0.323 e. The van der Waals surface area contributed by atoms with Gasteiger partial charge in [0.2, 0.25) is 0 Å². The van der Waals surface area contributed by atoms with Gasteiger partial charge in [0.1, 0.15) is 11.6 Å². The number of aromatic nitrogens is 2. The first kappa shape index (κ1) is 15.5. The third kappa shape index (κ3) is 2.58. The summed E-state index contributed by atoms with van der Waals surface area (Å²) in [5, 5.41) is -0.179. The summed E-state index contributed by atoms with van der Waals surface area (Å²) in [7, 11) is 0. The fourth-order valence-electron chi connectivity index (χ4n) is 3.44. The smallest absolute Gasteiger partial charge is 0.138 e. The minimum atomic E-state index is -0.184. The molecule has 1 aliphatic carbocycles. The number of benzene rings is 1. The zero-order chi connectivity index (χ0) is 15.3. The predicted molar refractivity (Wildman–Crippen MR) is 93.3 cm³/mol. The summed E-state index contributed by atoms with van der Waals surface area (Å²) in [5.74, 6) is 1.91. The van der Waals surface area contributed by atoms with Crippen LogP contribution in [0.3, 0.4) is 0 Å². The van der Waals surface area contributed by atoms with Gasteiger partial charge in [-0.3, -0.25) is 0 Å². The van der Waals surface area contributed by atoms with Crippen molar-refractivity contribution in [2.24, 2.45) is 11.8 Å². The molecule has 1 saturated carbocycles. The first-order valence-corrected chi connectivity index (χ1v) is 8.92. The van der Waals surface area contributed by atoms with Crippen molar-refractivity contribution >= 4 is 45.2 Å². The summed E-state index contributed by atoms with van der Waals surface area (Å²) in [5.41, 5.74) is 1.72. The Balaban J connectivity index is 2.23. The molecule has 1 heterocycles. The van der Waals surface area contributed by atoms with Crippen LogP contribution in [0.2, 0.25) is 0 Å². The van der Waals surface area contributed by atoms with Crippen LogP contribution in [0.25, 0.3) is 11.0 Å². The van der Waals surface area contributed by atoms with Crippen molar-refractivity contribution in [3.05, 3.63) is 27.3 Å². The maximum atomic E-state index is 14.0. The average Bonchev–Trinajstić information content (AvgIpc) is 2.93. The molecule has 0 N–H and O–H groups in total. The van der Waals surface area contributed by atoms with Gasteiger partial charge >= 0.3 is 0 Å². The summed E-state index contributed by atoms with van der Waals surface area (Å²) in [6.45, 7) is 6.50. The highest BCUT2D eigenvalue weighted by Gasteiger charge is 2.34. The van der Waals surface area contributed by atoms with Gasteiger partial charge in [0.15, 0.2) is 0 Å². The molecule has 1 aromatic carbocycles. The molecule has 1 aliphatic rings. The summed E-state index contributed by atoms with van der Waals surface area (Å²) in [4.78, 5) is 4.68. The summed E-state index contributed by atoms with van der Waals surface area (Å²) in [6.07, 6.45) is 2.31. The van der Waals surface area contributed by atoms with Gasteiger partial charge in [-0.25, -0.2) is 9.37 Å². The Hall–Kier alpha value is -0.360. The van der Waals surface area contributed by atoms with Crippen molar-refractivity contribution in [3.63, 3.8) is 0 Å². The molecule has 114 valence electrons. The Kier molecular flexibility index (Phi) is 4.21. The van der Waals surface area contributed by atoms with Crippen LogP contribution < -0.4 is 0 Å². The Labute approximate surface area is 143 Å². The molecule has 4 unspecified atom stereocenters. The standard InChI is InChI=1S/C16H19ClFIN2/c1-8-4-5-14(9(8)2)21-15-6-11(18)12(19)7-13(15)20-16(21)10(3)17/h6-10,14H,4-5H2,1-3H3. The number of nitrogens with zero attached hydrogens (tertiary/aromatic N) is 2. The molecule has 1 fully saturated rings. The van der Waals surface area contributed by atoms with E-state index in [0.717, 1.165) is 23.3 Å². The second-order valence-electron chi connectivity index (χ2n) is 6.19. The fraction of sp³-hybridized carbons (Fsp3) is 0.562. The van der Waals surface area contributed by atoms with E-state index < -0.39 is 0 Å². The number of fused-ring (bicyclic) bond motifs is 1. The van der Waals surface area contributed by atoms with E-state index in [4.69, 9.17) is 11.6 Å². The first-order chi connectivity index (χ1) is 9.90. The minimum absolute atomic E-state index is 0.179. The normalized spacial score (nSPS) is 27.4. The Morgan fingerprint density at radius 1 is 1.38 bits per heavy atom. The maximum Gasteiger partial charge on any atom is 0.138 e. The highest BCUT2D eigenvalue weighted by molar-refractivity contribution is 14.1. The Bertz CT molecular complexity index is 682. The van der Waals surface area contributed by atoms with E-state index in [9.17, 15) is 4.39 Å². The number of alkyl halides is 1. The molecule has 0 bridgehead atoms. The largest absolute Gasteiger partial charge is 0.323 e. The van der Waals surface area contributed by atoms with Gasteiger partial charge in [-0.1, -0.05) is 13.8 Å². The molecule has 5 heteroatoms. The molecule has 1 aromatic heterocycles. The number of halogens is 3. The zero-order valence-electron chi connectivity index (χ0n) is 12.4. The monoisotopic (exact) mass is 420 g/mol. The van der Waals surface area contributed by atoms with E-state index in [1.165, 1.54) is 6.42 Å². The molecule has 0 saturated heterocycles. The molecule has 0 spiro atoms. The van der Waals surface area contributed by atoms with Crippen LogP contribution in [-0.2, 0) is 0 Å². The topological polar surface area (TPSA) is 17.8 Å². The van der Waals surface area contributed by atoms with Crippen molar-refractivity contribution in [1.82, 2.24) is 9.55 Å². The van der Waals surface area contributed by atoms with Crippen LogP contribution in [-0.4, -0.2) is 9.55 Å². The van der Waals surface area contributed by atoms with E-state index in [-0.39, 0.29) is 11.2 Å². The van der Waals surface area contributed by atoms with Gasteiger partial charge in [0.25, 0.3) is 0 Å². The van der Waals surface area contributed by atoms with E-state index in [0.29, 0.717) is 21.4 Å². The molecule has 0 aliphatic heterocycles. The van der Waals surface area contributed by atoms with Crippen LogP contribution in [0.4, 0.5) is 4.39 Å². The first-order valence-electron chi connectivity index (χ1n) is 7.41. The molecular formula is C16H19ClFIN2. The molecule has 3 rings (SSSR count). The lowest BCUT2D eigenvalue weighted by atomic mass is 9.97. The number of hydrogen-bond donors (Lipinski definition) is 0. The number of hydrogen-bond acceptors (Lipinski definition) is 1. The van der Waals surface area contributed by atoms with E-state index in [1.54, 1.807) is 6.07 Å². The highest BCUT2D eigenvalue weighted by Crippen LogP contribution is 2.43. The van der Waals surface area contributed by atoms with Gasteiger partial charge in [0, 0.05) is 12.1 Å². The molecule has 2 aromatic rings. The van der Waals surface area contributed by atoms with Gasteiger partial charge in [-0.2, -0.15) is 0 Å². The van der Waals surface area contributed by atoms with E-state index in [2.05, 4.69) is 23.4 Å². The van der Waals surface area contributed by atoms with Gasteiger partial charge in [0.05, 0.1) is 20.0 Å². The molecule has 0 amide bonds. The molecular weight excluding hydrogens is 402 g/mol. The second-order valence-corrected chi connectivity index (χ2v) is 8.01. The van der Waals surface area contributed by atoms with Crippen molar-refractivity contribution < 1.29 is 4.39 Å². The van der Waals surface area contributed by atoms with Crippen LogP contribution in [0.5, 0.6) is 0 Å². The predicted octanol–water partition coefficient (Wildman–Crippen LogP) is 5.69. The molecule has 21 heavy (non-hydrogen) atoms. The summed E-state index contributed by atoms with van der Waals surface area (Å²) >= 11 is 8.35. The number of imidazole rings is 1. The zero-order valence-corrected chi connectivity index (χ0v) is 15.3. The van der Waals surface area contributed by atoms with Crippen molar-refractivity contribution in [2.45, 2.75) is 45.0 Å². The second kappa shape index (κ2) is 5.69. The average molecular weight is 421 g/mol. The lowest BCUT2D eigenvalue weighted by molar-refractivity contribution is 0.352. The Morgan fingerprint density at radius 2 is 2.10 bits per heavy atom. The lowest BCUT2D eigenvalue weighted by Crippen LogP contribution is -2.17. The van der Waals surface area contributed by atoms with E-state index >= 15 is 0 Å². The molecule has 0 radical (unpaired) electrons. The van der Waals surface area contributed by atoms with Crippen LogP contribution >= 0.6 is 34.2 Å². The number of rotatable bonds is 2. The van der Waals surface area contributed by atoms with Crippen molar-refractivity contribution in [2.75, 3.05) is 0 Å². The van der Waals surface area contributed by atoms with Gasteiger partial charge in [-0.05, 0) is 60.3 Å². The third-order valence-corrected chi connectivity index (χ3v) is 5.89. The van der Waals surface area contributed by atoms with Crippen molar-refractivity contribution in [1.29, 1.82) is 0 Å². The van der Waals surface area contributed by atoms with Gasteiger partial charge < -0.3 is 4.57 Å². The van der Waals surface area contributed by atoms with Crippen molar-refractivity contribution in [3.8, 4) is 0 Å². The summed E-state index contributed by atoms with van der Waals surface area (Å²) in [6, 6.07) is 3.79. The fourth-order valence-corrected chi connectivity index (χ4v) is 4.05. The SMILES string of the molecule is CC(Cl)c1nc2cc(I)c(F)cc2n1C1CCC(C)C1C. The maximum absolute atomic E-state index is 14.0. The van der Waals surface area contributed by atoms with Gasteiger partial charge in [-0.15, -0.1) is 11.6 Å². The lowest BCUT2D eigenvalue weighted by Gasteiger charge is -2.23. The highest BCUT2D eigenvalue weighted by atomic mass is 127.